The molecule has 0 bridgehead atoms. The van der Waals surface area contributed by atoms with Crippen molar-refractivity contribution in [2.75, 3.05) is 49.3 Å². The third-order valence-electron chi connectivity index (χ3n) is 9.84. The highest BCUT2D eigenvalue weighted by Crippen LogP contribution is 2.53. The summed E-state index contributed by atoms with van der Waals surface area (Å²) in [7, 11) is 5.14. The van der Waals surface area contributed by atoms with Crippen molar-refractivity contribution < 1.29 is 61.6 Å². The zero-order valence-corrected chi connectivity index (χ0v) is 35.0. The van der Waals surface area contributed by atoms with Gasteiger partial charge in [-0.15, -0.1) is 0 Å². The maximum atomic E-state index is 12.1. The zero-order chi connectivity index (χ0) is 42.3. The van der Waals surface area contributed by atoms with Gasteiger partial charge in [0.25, 0.3) is 0 Å². The maximum absolute atomic E-state index is 12.1. The van der Waals surface area contributed by atoms with Gasteiger partial charge in [0.1, 0.15) is 11.5 Å². The predicted molar refractivity (Wildman–Crippen MR) is 217 cm³/mol. The Bertz CT molecular complexity index is 2210. The zero-order valence-electron chi connectivity index (χ0n) is 34.1. The van der Waals surface area contributed by atoms with Gasteiger partial charge in [-0.3, -0.25) is 19.0 Å². The molecule has 2 aliphatic rings. The average molecular weight is 823 g/mol. The van der Waals surface area contributed by atoms with E-state index < -0.39 is 7.82 Å². The quantitative estimate of drug-likeness (QED) is 0.105. The summed E-state index contributed by atoms with van der Waals surface area (Å²) in [4.78, 5) is 33.5. The molecule has 0 radical (unpaired) electrons. The van der Waals surface area contributed by atoms with E-state index in [1.807, 2.05) is 18.2 Å². The first kappa shape index (κ1) is 43.5. The highest BCUT2D eigenvalue weighted by Gasteiger charge is 2.32. The summed E-state index contributed by atoms with van der Waals surface area (Å²) in [5, 5.41) is 15.9. The van der Waals surface area contributed by atoms with Crippen LogP contribution in [0.25, 0.3) is 22.3 Å². The number of benzene rings is 4. The standard InChI is InChI=1S/C22H28NO8P.C20H23NO5/c1-6-30-32(25,26)31-15-8-9-16-17(12-15)18(23-13(2)24)10-7-14-11-19(27-3)21(28-4)22(29-5)20(14)16;1-11(22)21-16-8-5-12-9-17(24-2)19(25-3)20(26-4)18(12)14-7-6-13(23)10-15(14)16/h8-9,11-12,18H,6-7,10H2,1-5H3,(H,23,24)(H,25,26);6-7,9-10,16,23H,5,8H2,1-4H3,(H,21,22)/t18-;16-/m00/s1. The lowest BCUT2D eigenvalue weighted by Crippen LogP contribution is -2.26. The molecule has 16 heteroatoms. The molecule has 0 heterocycles. The monoisotopic (exact) mass is 822 g/mol. The fraction of sp³-hybridized carbons (Fsp3) is 0.381. The van der Waals surface area contributed by atoms with Crippen LogP contribution in [-0.2, 0) is 31.5 Å². The number of phosphoric ester groups is 1. The molecule has 1 unspecified atom stereocenters. The molecule has 0 fully saturated rings. The van der Waals surface area contributed by atoms with Gasteiger partial charge in [0, 0.05) is 25.0 Å². The topological polar surface area (TPSA) is 190 Å². The minimum Gasteiger partial charge on any atom is -0.508 e. The number of amides is 2. The molecule has 4 aromatic rings. The van der Waals surface area contributed by atoms with Gasteiger partial charge < -0.3 is 48.7 Å². The van der Waals surface area contributed by atoms with Crippen molar-refractivity contribution >= 4 is 19.6 Å². The molecular weight excluding hydrogens is 771 g/mol. The van der Waals surface area contributed by atoms with Crippen LogP contribution in [0.3, 0.4) is 0 Å². The third-order valence-corrected chi connectivity index (χ3v) is 10.9. The van der Waals surface area contributed by atoms with Crippen molar-refractivity contribution in [1.29, 1.82) is 0 Å². The lowest BCUT2D eigenvalue weighted by Gasteiger charge is -2.22. The molecule has 6 rings (SSSR count). The van der Waals surface area contributed by atoms with E-state index in [0.29, 0.717) is 60.2 Å². The van der Waals surface area contributed by atoms with Gasteiger partial charge in [-0.2, -0.15) is 0 Å². The first-order chi connectivity index (χ1) is 27.7. The number of phenols is 1. The fourth-order valence-corrected chi connectivity index (χ4v) is 8.36. The molecule has 4 aromatic carbocycles. The van der Waals surface area contributed by atoms with E-state index in [-0.39, 0.29) is 42.0 Å². The number of aromatic hydroxyl groups is 1. The van der Waals surface area contributed by atoms with Crippen LogP contribution in [0.1, 0.15) is 68.0 Å². The number of phosphoric acid groups is 1. The minimum atomic E-state index is -4.26. The molecule has 0 saturated heterocycles. The molecule has 0 saturated carbocycles. The number of ether oxygens (including phenoxy) is 6. The number of fused-ring (bicyclic) bond motifs is 6. The Morgan fingerprint density at radius 3 is 1.53 bits per heavy atom. The van der Waals surface area contributed by atoms with E-state index in [1.54, 1.807) is 72.8 Å². The molecule has 2 aliphatic carbocycles. The summed E-state index contributed by atoms with van der Waals surface area (Å²) < 4.78 is 55.6. The van der Waals surface area contributed by atoms with Crippen LogP contribution in [-0.4, -0.2) is 71.1 Å². The molecular formula is C42H51N2O13P. The van der Waals surface area contributed by atoms with Crippen LogP contribution in [0, 0.1) is 0 Å². The third kappa shape index (κ3) is 9.22. The maximum Gasteiger partial charge on any atom is 0.527 e. The van der Waals surface area contributed by atoms with E-state index in [0.717, 1.165) is 44.5 Å². The predicted octanol–water partition coefficient (Wildman–Crippen LogP) is 7.23. The minimum absolute atomic E-state index is 0.0272. The SMILES string of the molecule is CCOP(=O)(O)Oc1ccc2c(c1)[C@@H](NC(C)=O)CCc1cc(OC)c(OC)c(OC)c1-2.COc1cc2c(c(OC)c1OC)-c1ccc(O)cc1[C@@H](NC(C)=O)CC2. The normalized spacial score (nSPS) is 16.0. The van der Waals surface area contributed by atoms with E-state index in [9.17, 15) is 24.2 Å². The van der Waals surface area contributed by atoms with Gasteiger partial charge >= 0.3 is 7.82 Å². The number of hydrogen-bond donors (Lipinski definition) is 4. The fourth-order valence-electron chi connectivity index (χ4n) is 7.60. The number of rotatable bonds is 12. The number of nitrogens with one attached hydrogen (secondary N) is 2. The van der Waals surface area contributed by atoms with E-state index in [4.69, 9.17) is 37.5 Å². The molecule has 0 aromatic heterocycles. The van der Waals surface area contributed by atoms with Crippen LogP contribution in [0.4, 0.5) is 0 Å². The number of phenolic OH excluding ortho intramolecular Hbond substituents is 1. The lowest BCUT2D eigenvalue weighted by atomic mass is 9.93. The molecule has 3 atom stereocenters. The smallest absolute Gasteiger partial charge is 0.508 e. The first-order valence-corrected chi connectivity index (χ1v) is 20.1. The second-order valence-electron chi connectivity index (χ2n) is 13.4. The molecule has 2 amide bonds. The largest absolute Gasteiger partial charge is 0.527 e. The van der Waals surface area contributed by atoms with Crippen molar-refractivity contribution in [2.24, 2.45) is 0 Å². The van der Waals surface area contributed by atoms with Crippen molar-refractivity contribution in [2.45, 2.75) is 58.5 Å². The number of methoxy groups -OCH3 is 6. The van der Waals surface area contributed by atoms with Gasteiger partial charge in [-0.05, 0) is 102 Å². The van der Waals surface area contributed by atoms with E-state index in [1.165, 1.54) is 21.0 Å². The van der Waals surface area contributed by atoms with Crippen molar-refractivity contribution in [3.05, 3.63) is 70.8 Å². The number of carbonyl (C=O) groups excluding carboxylic acids is 2. The second kappa shape index (κ2) is 18.8. The Morgan fingerprint density at radius 2 is 1.12 bits per heavy atom. The van der Waals surface area contributed by atoms with Gasteiger partial charge in [0.2, 0.25) is 23.3 Å². The van der Waals surface area contributed by atoms with Crippen LogP contribution < -0.4 is 43.6 Å². The summed E-state index contributed by atoms with van der Waals surface area (Å²) in [6, 6.07) is 13.5. The second-order valence-corrected chi connectivity index (χ2v) is 14.8. The Balaban J connectivity index is 0.000000226. The molecule has 312 valence electrons. The van der Waals surface area contributed by atoms with E-state index in [2.05, 4.69) is 10.6 Å². The van der Waals surface area contributed by atoms with Crippen molar-refractivity contribution in [3.63, 3.8) is 0 Å². The van der Waals surface area contributed by atoms with Crippen LogP contribution >= 0.6 is 7.82 Å². The highest BCUT2D eigenvalue weighted by atomic mass is 31.2. The number of hydrogen-bond acceptors (Lipinski definition) is 12. The Kier molecular flexibility index (Phi) is 14.1. The Morgan fingerprint density at radius 1 is 0.672 bits per heavy atom. The van der Waals surface area contributed by atoms with Crippen molar-refractivity contribution in [1.82, 2.24) is 10.6 Å². The number of aryl methyl sites for hydroxylation is 2. The number of carbonyl (C=O) groups is 2. The molecule has 4 N–H and O–H groups in total. The average Bonchev–Trinajstić information content (AvgIpc) is 3.43. The lowest BCUT2D eigenvalue weighted by molar-refractivity contribution is -0.120. The van der Waals surface area contributed by atoms with Gasteiger partial charge in [0.05, 0.1) is 61.3 Å². The molecule has 15 nitrogen and oxygen atoms in total. The first-order valence-electron chi connectivity index (χ1n) is 18.6. The van der Waals surface area contributed by atoms with Gasteiger partial charge in [-0.1, -0.05) is 12.1 Å². The van der Waals surface area contributed by atoms with Gasteiger partial charge in [-0.25, -0.2) is 4.57 Å². The summed E-state index contributed by atoms with van der Waals surface area (Å²) in [6.07, 6.45) is 2.62. The van der Waals surface area contributed by atoms with Crippen LogP contribution in [0.15, 0.2) is 48.5 Å². The van der Waals surface area contributed by atoms with Crippen molar-refractivity contribution in [3.8, 4) is 68.2 Å². The molecule has 0 aliphatic heterocycles. The van der Waals surface area contributed by atoms with Crippen LogP contribution in [0.5, 0.6) is 46.0 Å². The summed E-state index contributed by atoms with van der Waals surface area (Å²) >= 11 is 0. The summed E-state index contributed by atoms with van der Waals surface area (Å²) in [5.74, 6) is 3.20. The molecule has 58 heavy (non-hydrogen) atoms. The van der Waals surface area contributed by atoms with Gasteiger partial charge in [0.15, 0.2) is 23.0 Å². The Labute approximate surface area is 338 Å². The Hall–Kier alpha value is -5.63. The van der Waals surface area contributed by atoms with Crippen LogP contribution in [0.2, 0.25) is 0 Å². The molecule has 0 spiro atoms. The highest BCUT2D eigenvalue weighted by molar-refractivity contribution is 7.47. The van der Waals surface area contributed by atoms with E-state index >= 15 is 0 Å². The summed E-state index contributed by atoms with van der Waals surface area (Å²) in [5.41, 5.74) is 6.95. The summed E-state index contributed by atoms with van der Waals surface area (Å²) in [6.45, 7) is 4.56.